The van der Waals surface area contributed by atoms with Crippen LogP contribution in [0.4, 0.5) is 13.2 Å². The highest BCUT2D eigenvalue weighted by atomic mass is 79.9. The monoisotopic (exact) mass is 519 g/mol. The second kappa shape index (κ2) is 8.40. The number of thiophene rings is 1. The molecule has 3 rings (SSSR count). The third kappa shape index (κ3) is 5.21. The molecule has 0 fully saturated rings. The SMILES string of the molecule is Cc1cc(C=Cc2ccc(Br)s2)n(OS(=O)(=O)c2cccc(C(F)(F)F)c2)c(=O)c1. The van der Waals surface area contributed by atoms with Gasteiger partial charge in [0.2, 0.25) is 0 Å². The van der Waals surface area contributed by atoms with Crippen molar-refractivity contribution in [3.8, 4) is 0 Å². The maximum absolute atomic E-state index is 12.9. The lowest BCUT2D eigenvalue weighted by Crippen LogP contribution is -2.32. The summed E-state index contributed by atoms with van der Waals surface area (Å²) in [6.07, 6.45) is -1.59. The van der Waals surface area contributed by atoms with Crippen molar-refractivity contribution in [3.05, 3.63) is 84.4 Å². The van der Waals surface area contributed by atoms with Gasteiger partial charge in [0.15, 0.2) is 0 Å². The molecule has 0 N–H and O–H groups in total. The Balaban J connectivity index is 2.02. The summed E-state index contributed by atoms with van der Waals surface area (Å²) in [5.74, 6) is 0. The lowest BCUT2D eigenvalue weighted by atomic mass is 10.2. The molecule has 0 saturated carbocycles. The van der Waals surface area contributed by atoms with E-state index in [9.17, 15) is 26.4 Å². The number of pyridine rings is 1. The Morgan fingerprint density at radius 2 is 1.83 bits per heavy atom. The third-order valence-corrected chi connectivity index (χ3v) is 6.56. The Bertz CT molecular complexity index is 1280. The van der Waals surface area contributed by atoms with Crippen molar-refractivity contribution in [1.82, 2.24) is 4.73 Å². The lowest BCUT2D eigenvalue weighted by Gasteiger charge is -2.13. The molecule has 0 radical (unpaired) electrons. The van der Waals surface area contributed by atoms with Crippen LogP contribution in [0.3, 0.4) is 0 Å². The van der Waals surface area contributed by atoms with Gasteiger partial charge in [-0.3, -0.25) is 9.08 Å². The Labute approximate surface area is 182 Å². The van der Waals surface area contributed by atoms with Crippen molar-refractivity contribution in [2.45, 2.75) is 18.0 Å². The van der Waals surface area contributed by atoms with Gasteiger partial charge in [-0.1, -0.05) is 6.07 Å². The fourth-order valence-corrected chi connectivity index (χ4v) is 4.75. The van der Waals surface area contributed by atoms with Gasteiger partial charge in [0.1, 0.15) is 4.90 Å². The fraction of sp³-hybridized carbons (Fsp3) is 0.105. The van der Waals surface area contributed by atoms with Gasteiger partial charge in [0.25, 0.3) is 5.56 Å². The van der Waals surface area contributed by atoms with Crippen LogP contribution in [0.15, 0.2) is 62.0 Å². The first-order chi connectivity index (χ1) is 14.0. The number of hydrogen-bond acceptors (Lipinski definition) is 5. The highest BCUT2D eigenvalue weighted by molar-refractivity contribution is 9.11. The van der Waals surface area contributed by atoms with E-state index in [4.69, 9.17) is 4.28 Å². The quantitative estimate of drug-likeness (QED) is 0.476. The van der Waals surface area contributed by atoms with Gasteiger partial charge in [-0.05, 0) is 77.0 Å². The van der Waals surface area contributed by atoms with Crippen LogP contribution >= 0.6 is 27.3 Å². The molecule has 2 heterocycles. The van der Waals surface area contributed by atoms with E-state index in [1.807, 2.05) is 12.1 Å². The fourth-order valence-electron chi connectivity index (χ4n) is 2.46. The van der Waals surface area contributed by atoms with E-state index in [1.54, 1.807) is 13.0 Å². The maximum Gasteiger partial charge on any atom is 0.416 e. The molecular weight excluding hydrogens is 507 g/mol. The van der Waals surface area contributed by atoms with E-state index < -0.39 is 32.3 Å². The van der Waals surface area contributed by atoms with E-state index in [0.717, 1.165) is 32.9 Å². The van der Waals surface area contributed by atoms with Crippen LogP contribution in [0, 0.1) is 6.92 Å². The van der Waals surface area contributed by atoms with Gasteiger partial charge in [0.05, 0.1) is 15.0 Å². The van der Waals surface area contributed by atoms with Crippen LogP contribution in [0.25, 0.3) is 12.2 Å². The summed E-state index contributed by atoms with van der Waals surface area (Å²) < 4.78 is 70.2. The molecule has 1 aromatic carbocycles. The predicted molar refractivity (Wildman–Crippen MR) is 112 cm³/mol. The minimum absolute atomic E-state index is 0.111. The van der Waals surface area contributed by atoms with E-state index in [1.165, 1.54) is 23.5 Å². The standard InChI is InChI=1S/C19H13BrF3NO4S2/c1-12-9-14(5-6-15-7-8-17(20)29-15)24(18(25)10-12)28-30(26,27)16-4-2-3-13(11-16)19(21,22)23/h2-11H,1H3. The lowest BCUT2D eigenvalue weighted by molar-refractivity contribution is -0.137. The molecule has 0 saturated heterocycles. The molecule has 3 aromatic rings. The molecule has 0 atom stereocenters. The molecule has 0 aliphatic heterocycles. The maximum atomic E-state index is 12.9. The second-order valence-corrected chi connectivity index (χ2v) is 10.1. The van der Waals surface area contributed by atoms with Crippen LogP contribution < -0.4 is 9.84 Å². The molecule has 0 aliphatic carbocycles. The first-order valence-electron chi connectivity index (χ1n) is 8.25. The highest BCUT2D eigenvalue weighted by Gasteiger charge is 2.32. The Kier molecular flexibility index (Phi) is 6.25. The summed E-state index contributed by atoms with van der Waals surface area (Å²) in [6, 6.07) is 9.40. The third-order valence-electron chi connectivity index (χ3n) is 3.80. The van der Waals surface area contributed by atoms with Crippen LogP contribution in [-0.4, -0.2) is 13.1 Å². The van der Waals surface area contributed by atoms with Gasteiger partial charge in [0, 0.05) is 10.9 Å². The number of aromatic nitrogens is 1. The molecule has 2 aromatic heterocycles. The Hall–Kier alpha value is -2.37. The van der Waals surface area contributed by atoms with Crippen LogP contribution in [0.5, 0.6) is 0 Å². The summed E-state index contributed by atoms with van der Waals surface area (Å²) in [7, 11) is -4.71. The minimum Gasteiger partial charge on any atom is -0.280 e. The number of benzene rings is 1. The molecule has 0 unspecified atom stereocenters. The number of nitrogens with zero attached hydrogens (tertiary/aromatic N) is 1. The molecular formula is C19H13BrF3NO4S2. The average Bonchev–Trinajstić information content (AvgIpc) is 3.07. The highest BCUT2D eigenvalue weighted by Crippen LogP contribution is 2.30. The summed E-state index contributed by atoms with van der Waals surface area (Å²) in [6.45, 7) is 1.64. The Morgan fingerprint density at radius 3 is 2.47 bits per heavy atom. The molecule has 0 aliphatic rings. The summed E-state index contributed by atoms with van der Waals surface area (Å²) in [5.41, 5.74) is -1.26. The van der Waals surface area contributed by atoms with Crippen molar-refractivity contribution in [2.75, 3.05) is 0 Å². The first-order valence-corrected chi connectivity index (χ1v) is 11.3. The van der Waals surface area contributed by atoms with E-state index >= 15 is 0 Å². The summed E-state index contributed by atoms with van der Waals surface area (Å²) >= 11 is 4.74. The predicted octanol–water partition coefficient (Wildman–Crippen LogP) is 4.99. The van der Waals surface area contributed by atoms with Gasteiger partial charge in [-0.2, -0.15) is 21.6 Å². The number of alkyl halides is 3. The number of hydrogen-bond donors (Lipinski definition) is 0. The zero-order valence-electron chi connectivity index (χ0n) is 15.2. The molecule has 0 bridgehead atoms. The summed E-state index contributed by atoms with van der Waals surface area (Å²) in [4.78, 5) is 12.5. The minimum atomic E-state index is -4.73. The van der Waals surface area contributed by atoms with Crippen molar-refractivity contribution in [1.29, 1.82) is 0 Å². The van der Waals surface area contributed by atoms with Gasteiger partial charge in [-0.15, -0.1) is 16.1 Å². The average molecular weight is 520 g/mol. The van der Waals surface area contributed by atoms with Crippen LogP contribution in [0.1, 0.15) is 21.7 Å². The zero-order chi connectivity index (χ0) is 22.1. The van der Waals surface area contributed by atoms with Crippen LogP contribution in [0.2, 0.25) is 0 Å². The van der Waals surface area contributed by atoms with Crippen molar-refractivity contribution in [3.63, 3.8) is 0 Å². The van der Waals surface area contributed by atoms with E-state index in [0.29, 0.717) is 16.4 Å². The smallest absolute Gasteiger partial charge is 0.280 e. The summed E-state index contributed by atoms with van der Waals surface area (Å²) in [5, 5.41) is 0. The van der Waals surface area contributed by atoms with Crippen LogP contribution in [-0.2, 0) is 16.3 Å². The molecule has 11 heteroatoms. The van der Waals surface area contributed by atoms with Crippen molar-refractivity contribution >= 4 is 49.5 Å². The largest absolute Gasteiger partial charge is 0.416 e. The van der Waals surface area contributed by atoms with Gasteiger partial charge in [-0.25, -0.2) is 0 Å². The topological polar surface area (TPSA) is 65.4 Å². The molecule has 5 nitrogen and oxygen atoms in total. The molecule has 0 amide bonds. The van der Waals surface area contributed by atoms with Gasteiger partial charge < -0.3 is 0 Å². The van der Waals surface area contributed by atoms with E-state index in [-0.39, 0.29) is 5.69 Å². The first kappa shape index (κ1) is 22.3. The van der Waals surface area contributed by atoms with E-state index in [2.05, 4.69) is 15.9 Å². The van der Waals surface area contributed by atoms with Crippen molar-refractivity contribution < 1.29 is 25.9 Å². The second-order valence-electron chi connectivity index (χ2n) is 6.12. The molecule has 30 heavy (non-hydrogen) atoms. The normalized spacial score (nSPS) is 12.4. The van der Waals surface area contributed by atoms with Crippen molar-refractivity contribution in [2.24, 2.45) is 0 Å². The Morgan fingerprint density at radius 1 is 1.10 bits per heavy atom. The molecule has 158 valence electrons. The molecule has 0 spiro atoms. The number of aryl methyl sites for hydroxylation is 1. The zero-order valence-corrected chi connectivity index (χ0v) is 18.4. The number of halogens is 4. The van der Waals surface area contributed by atoms with Gasteiger partial charge >= 0.3 is 16.3 Å². The number of rotatable bonds is 5.